The summed E-state index contributed by atoms with van der Waals surface area (Å²) in [6, 6.07) is 14.9. The number of piperidine rings is 1. The summed E-state index contributed by atoms with van der Waals surface area (Å²) in [7, 11) is 1.85. The Kier molecular flexibility index (Phi) is 9.44. The second-order valence-electron chi connectivity index (χ2n) is 15.6. The largest absolute Gasteiger partial charge is 0.453 e. The smallest absolute Gasteiger partial charge is 0.254 e. The molecule has 2 aromatic carbocycles. The Morgan fingerprint density at radius 2 is 1.82 bits per heavy atom. The van der Waals surface area contributed by atoms with Crippen LogP contribution in [0.4, 0.5) is 5.69 Å². The molecule has 3 aromatic heterocycles. The molecular weight excluding hydrogens is 750 g/mol. The highest BCUT2D eigenvalue weighted by atomic mass is 35.5. The number of aromatic nitrogens is 5. The van der Waals surface area contributed by atoms with E-state index in [0.29, 0.717) is 84.7 Å². The molecule has 4 amide bonds. The Labute approximate surface area is 333 Å². The van der Waals surface area contributed by atoms with Gasteiger partial charge in [0.1, 0.15) is 22.1 Å². The van der Waals surface area contributed by atoms with Crippen molar-refractivity contribution < 1.29 is 28.7 Å². The molecule has 15 nitrogen and oxygen atoms in total. The monoisotopic (exact) mass is 791 g/mol. The second-order valence-corrected chi connectivity index (χ2v) is 16.0. The topological polar surface area (TPSA) is 168 Å². The minimum atomic E-state index is -0.388. The maximum Gasteiger partial charge on any atom is 0.254 e. The Bertz CT molecular complexity index is 2390. The number of imide groups is 1. The van der Waals surface area contributed by atoms with Gasteiger partial charge in [-0.2, -0.15) is 5.10 Å². The van der Waals surface area contributed by atoms with Gasteiger partial charge in [0.25, 0.3) is 5.91 Å². The predicted octanol–water partition coefficient (Wildman–Crippen LogP) is 4.60. The van der Waals surface area contributed by atoms with Crippen molar-refractivity contribution in [2.24, 2.45) is 12.5 Å². The molecule has 294 valence electrons. The number of nitrogens with zero attached hydrogens (tertiary/aromatic N) is 7. The number of benzene rings is 2. The van der Waals surface area contributed by atoms with Crippen molar-refractivity contribution in [3.63, 3.8) is 0 Å². The molecule has 2 atom stereocenters. The lowest BCUT2D eigenvalue weighted by Gasteiger charge is -2.49. The van der Waals surface area contributed by atoms with Gasteiger partial charge < -0.3 is 29.2 Å². The molecule has 2 N–H and O–H groups in total. The highest BCUT2D eigenvalue weighted by Crippen LogP contribution is 2.43. The van der Waals surface area contributed by atoms with Crippen molar-refractivity contribution in [3.8, 4) is 22.9 Å². The molecule has 57 heavy (non-hydrogen) atoms. The number of hydrogen-bond donors (Lipinski definition) is 2. The highest BCUT2D eigenvalue weighted by Gasteiger charge is 2.49. The number of pyridine rings is 1. The number of halogens is 1. The molecule has 0 bridgehead atoms. The van der Waals surface area contributed by atoms with Crippen molar-refractivity contribution >= 4 is 52.1 Å². The van der Waals surface area contributed by atoms with E-state index < -0.39 is 0 Å². The summed E-state index contributed by atoms with van der Waals surface area (Å²) >= 11 is 6.53. The molecule has 4 fully saturated rings. The number of imidazole rings is 1. The number of rotatable bonds is 8. The highest BCUT2D eigenvalue weighted by molar-refractivity contribution is 6.32. The zero-order valence-electron chi connectivity index (χ0n) is 31.7. The first-order valence-corrected chi connectivity index (χ1v) is 19.6. The van der Waals surface area contributed by atoms with Crippen LogP contribution in [0.2, 0.25) is 5.02 Å². The van der Waals surface area contributed by atoms with Crippen LogP contribution in [0.25, 0.3) is 22.6 Å². The summed E-state index contributed by atoms with van der Waals surface area (Å²) in [5.74, 6) is 0.621. The van der Waals surface area contributed by atoms with Gasteiger partial charge in [-0.25, -0.2) is 9.97 Å². The number of amides is 4. The van der Waals surface area contributed by atoms with Gasteiger partial charge in [0, 0.05) is 75.6 Å². The van der Waals surface area contributed by atoms with Crippen LogP contribution < -0.4 is 15.0 Å². The first kappa shape index (κ1) is 36.8. The first-order chi connectivity index (χ1) is 27.5. The van der Waals surface area contributed by atoms with Crippen LogP contribution in [-0.4, -0.2) is 110 Å². The zero-order chi connectivity index (χ0) is 39.4. The van der Waals surface area contributed by atoms with Gasteiger partial charge in [-0.1, -0.05) is 23.7 Å². The third kappa shape index (κ3) is 7.21. The molecule has 16 heteroatoms. The molecule has 4 saturated heterocycles. The molecule has 0 radical (unpaired) electrons. The molecule has 1 unspecified atom stereocenters. The Hall–Kier alpha value is -5.80. The van der Waals surface area contributed by atoms with E-state index in [2.05, 4.69) is 30.3 Å². The lowest BCUT2D eigenvalue weighted by atomic mass is 9.78. The van der Waals surface area contributed by atoms with Gasteiger partial charge in [0.15, 0.2) is 11.4 Å². The third-order valence-corrected chi connectivity index (χ3v) is 11.9. The van der Waals surface area contributed by atoms with Gasteiger partial charge in [0.05, 0.1) is 42.5 Å². The number of fused-ring (bicyclic) bond motifs is 1. The summed E-state index contributed by atoms with van der Waals surface area (Å²) in [5.41, 5.74) is 5.21. The lowest BCUT2D eigenvalue weighted by molar-refractivity contribution is -0.136. The summed E-state index contributed by atoms with van der Waals surface area (Å²) in [4.78, 5) is 69.2. The maximum absolute atomic E-state index is 13.6. The number of morpholine rings is 1. The quantitative estimate of drug-likeness (QED) is 0.212. The van der Waals surface area contributed by atoms with E-state index in [-0.39, 0.29) is 47.5 Å². The van der Waals surface area contributed by atoms with Gasteiger partial charge in [-0.05, 0) is 61.7 Å². The molecule has 0 aliphatic carbocycles. The van der Waals surface area contributed by atoms with Crippen LogP contribution in [0.15, 0.2) is 60.9 Å². The number of nitrogens with one attached hydrogen (secondary N) is 2. The average Bonchev–Trinajstić information content (AvgIpc) is 3.92. The van der Waals surface area contributed by atoms with Crippen molar-refractivity contribution in [1.82, 2.24) is 39.8 Å². The van der Waals surface area contributed by atoms with Crippen LogP contribution in [0.5, 0.6) is 11.5 Å². The molecule has 5 aromatic rings. The number of aryl methyl sites for hydroxylation is 2. The SMILES string of the molecule is Cc1nn(C)cc1-c1nc2ncc(Cl)c(Oc3ccc(C(=O)N4CCOC(CC(=O)N5CCC6(C5)CN(c5ccc([C@@H]7CCC(=O)NC7=O)cc5)C6)C4)cc3)c2[nH]1. The Morgan fingerprint density at radius 1 is 1.04 bits per heavy atom. The maximum atomic E-state index is 13.6. The fourth-order valence-corrected chi connectivity index (χ4v) is 8.75. The van der Waals surface area contributed by atoms with Gasteiger partial charge >= 0.3 is 0 Å². The number of anilines is 1. The van der Waals surface area contributed by atoms with E-state index in [0.717, 1.165) is 42.0 Å². The fourth-order valence-electron chi connectivity index (χ4n) is 8.57. The molecule has 4 aliphatic heterocycles. The summed E-state index contributed by atoms with van der Waals surface area (Å²) < 4.78 is 13.9. The van der Waals surface area contributed by atoms with Crippen LogP contribution in [0.1, 0.15) is 53.2 Å². The van der Waals surface area contributed by atoms with Crippen LogP contribution >= 0.6 is 11.6 Å². The minimum Gasteiger partial charge on any atom is -0.453 e. The number of likely N-dealkylation sites (tertiary alicyclic amines) is 1. The van der Waals surface area contributed by atoms with Gasteiger partial charge in [0.2, 0.25) is 17.7 Å². The van der Waals surface area contributed by atoms with E-state index in [4.69, 9.17) is 21.1 Å². The predicted molar refractivity (Wildman–Crippen MR) is 210 cm³/mol. The summed E-state index contributed by atoms with van der Waals surface area (Å²) in [6.45, 7) is 6.13. The van der Waals surface area contributed by atoms with Crippen LogP contribution in [0.3, 0.4) is 0 Å². The number of carbonyl (C=O) groups excluding carboxylic acids is 4. The number of aromatic amines is 1. The Morgan fingerprint density at radius 3 is 2.56 bits per heavy atom. The van der Waals surface area contributed by atoms with E-state index in [1.165, 1.54) is 6.20 Å². The third-order valence-electron chi connectivity index (χ3n) is 11.6. The zero-order valence-corrected chi connectivity index (χ0v) is 32.4. The normalized spacial score (nSPS) is 20.6. The fraction of sp³-hybridized carbons (Fsp3) is 0.390. The van der Waals surface area contributed by atoms with Crippen molar-refractivity contribution in [3.05, 3.63) is 82.8 Å². The number of hydrogen-bond acceptors (Lipinski definition) is 10. The van der Waals surface area contributed by atoms with Crippen LogP contribution in [-0.2, 0) is 26.2 Å². The molecule has 9 rings (SSSR count). The van der Waals surface area contributed by atoms with Gasteiger partial charge in [-0.3, -0.25) is 29.2 Å². The lowest BCUT2D eigenvalue weighted by Crippen LogP contribution is -2.58. The summed E-state index contributed by atoms with van der Waals surface area (Å²) in [5, 5.41) is 7.14. The van der Waals surface area contributed by atoms with Gasteiger partial charge in [-0.15, -0.1) is 0 Å². The van der Waals surface area contributed by atoms with Crippen LogP contribution in [0, 0.1) is 12.3 Å². The minimum absolute atomic E-state index is 0.0450. The van der Waals surface area contributed by atoms with E-state index >= 15 is 0 Å². The Balaban J connectivity index is 0.773. The standard InChI is InChI=1S/C41H42ClN9O6/c1-24-31(20-48(2)47-24)37-45-35-36(32(42)18-43-38(35)46-37)57-28-9-5-26(6-10-28)40(55)49-15-16-56-29(19-49)17-34(53)50-14-13-41(21-50)22-51(23-41)27-7-3-25(4-8-27)30-11-12-33(52)44-39(30)54/h3-10,18,20,29-30H,11-17,19,21-23H2,1-2H3,(H,43,45,46)(H,44,52,54)/t29?,30-/m0/s1. The van der Waals surface area contributed by atoms with E-state index in [1.54, 1.807) is 33.8 Å². The molecular formula is C41H42ClN9O6. The number of H-pyrrole nitrogens is 1. The molecule has 0 saturated carbocycles. The molecule has 1 spiro atoms. The molecule has 7 heterocycles. The van der Waals surface area contributed by atoms with Crippen molar-refractivity contribution in [1.29, 1.82) is 0 Å². The van der Waals surface area contributed by atoms with E-state index in [1.807, 2.05) is 49.3 Å². The summed E-state index contributed by atoms with van der Waals surface area (Å²) in [6.07, 6.45) is 5.02. The number of ether oxygens (including phenoxy) is 2. The second kappa shape index (κ2) is 14.6. The van der Waals surface area contributed by atoms with E-state index in [9.17, 15) is 19.2 Å². The first-order valence-electron chi connectivity index (χ1n) is 19.2. The van der Waals surface area contributed by atoms with Crippen molar-refractivity contribution in [2.75, 3.05) is 50.8 Å². The average molecular weight is 792 g/mol. The molecule has 4 aliphatic rings. The van der Waals surface area contributed by atoms with Crippen molar-refractivity contribution in [2.45, 2.75) is 44.6 Å². The number of carbonyl (C=O) groups is 4.